The molecule has 0 N–H and O–H groups in total. The Morgan fingerprint density at radius 2 is 2.12 bits per heavy atom. The smallest absolute Gasteiger partial charge is 0.410 e. The number of hydrazone groups is 1. The van der Waals surface area contributed by atoms with Gasteiger partial charge in [-0.15, -0.1) is 0 Å². The van der Waals surface area contributed by atoms with Gasteiger partial charge < -0.3 is 14.4 Å². The van der Waals surface area contributed by atoms with Crippen molar-refractivity contribution in [3.63, 3.8) is 0 Å². The summed E-state index contributed by atoms with van der Waals surface area (Å²) in [6.45, 7) is 5.87. The molecule has 2 saturated heterocycles. The van der Waals surface area contributed by atoms with E-state index in [0.717, 1.165) is 12.0 Å². The molecule has 2 fully saturated rings. The molecule has 2 atom stereocenters. The Labute approximate surface area is 151 Å². The number of hydrogen-bond donors (Lipinski definition) is 0. The van der Waals surface area contributed by atoms with E-state index in [2.05, 4.69) is 5.10 Å². The third kappa shape index (κ3) is 4.29. The second-order valence-electron chi connectivity index (χ2n) is 6.66. The van der Waals surface area contributed by atoms with Gasteiger partial charge in [0, 0.05) is 19.0 Å². The Balaban J connectivity index is 1.70. The van der Waals surface area contributed by atoms with Crippen LogP contribution in [-0.2, 0) is 4.74 Å². The third-order valence-corrected chi connectivity index (χ3v) is 4.50. The lowest BCUT2D eigenvalue weighted by atomic mass is 10.1. The number of guanidine groups is 1. The molecule has 0 radical (unpaired) electrons. The Morgan fingerprint density at radius 3 is 2.73 bits per heavy atom. The van der Waals surface area contributed by atoms with Crippen LogP contribution >= 0.6 is 0 Å². The molecule has 2 aliphatic rings. The second-order valence-corrected chi connectivity index (χ2v) is 6.66. The van der Waals surface area contributed by atoms with E-state index >= 15 is 0 Å². The molecule has 0 bridgehead atoms. The number of benzene rings is 1. The highest BCUT2D eigenvalue weighted by molar-refractivity contribution is 5.96. The maximum atomic E-state index is 12.5. The lowest BCUT2D eigenvalue weighted by molar-refractivity contribution is -0.486. The zero-order valence-corrected chi connectivity index (χ0v) is 14.8. The molecular formula is C17H22N4O5. The third-order valence-electron chi connectivity index (χ3n) is 4.50. The summed E-state index contributed by atoms with van der Waals surface area (Å²) < 4.78 is 10.9. The van der Waals surface area contributed by atoms with Gasteiger partial charge in [-0.05, 0) is 32.4 Å². The maximum Gasteiger partial charge on any atom is 0.422 e. The van der Waals surface area contributed by atoms with E-state index in [1.807, 2.05) is 26.0 Å². The summed E-state index contributed by atoms with van der Waals surface area (Å²) in [6, 6.07) is 7.02. The first-order valence-corrected chi connectivity index (χ1v) is 8.58. The zero-order valence-electron chi connectivity index (χ0n) is 14.8. The lowest BCUT2D eigenvalue weighted by Crippen LogP contribution is -2.41. The minimum Gasteiger partial charge on any atom is -0.410 e. The van der Waals surface area contributed by atoms with E-state index in [1.54, 1.807) is 17.0 Å². The van der Waals surface area contributed by atoms with Gasteiger partial charge in [0.25, 0.3) is 5.96 Å². The largest absolute Gasteiger partial charge is 0.422 e. The standard InChI is InChI=1S/C17H22N4O5/c1-12-3-5-15(6-4-12)26-17(22)20-8-7-19(16(20)18-21(23)24)10-14-9-13(2)25-11-14/h3-6,13-14H,7-11H2,1-2H3. The topological polar surface area (TPSA) is 97.5 Å². The Morgan fingerprint density at radius 1 is 1.38 bits per heavy atom. The summed E-state index contributed by atoms with van der Waals surface area (Å²) in [7, 11) is 0. The second kappa shape index (κ2) is 7.69. The first kappa shape index (κ1) is 18.1. The van der Waals surface area contributed by atoms with Crippen molar-refractivity contribution in [1.82, 2.24) is 9.80 Å². The summed E-state index contributed by atoms with van der Waals surface area (Å²) in [5, 5.41) is 13.6. The van der Waals surface area contributed by atoms with Crippen LogP contribution in [0.15, 0.2) is 29.4 Å². The van der Waals surface area contributed by atoms with E-state index < -0.39 is 11.1 Å². The molecule has 9 nitrogen and oxygen atoms in total. The molecule has 0 aliphatic carbocycles. The van der Waals surface area contributed by atoms with Crippen LogP contribution in [0, 0.1) is 23.0 Å². The summed E-state index contributed by atoms with van der Waals surface area (Å²) in [4.78, 5) is 26.4. The molecule has 26 heavy (non-hydrogen) atoms. The minimum absolute atomic E-state index is 0.0201. The molecule has 1 aromatic carbocycles. The molecule has 0 saturated carbocycles. The summed E-state index contributed by atoms with van der Waals surface area (Å²) >= 11 is 0. The van der Waals surface area contributed by atoms with Crippen LogP contribution in [0.2, 0.25) is 0 Å². The predicted octanol–water partition coefficient (Wildman–Crippen LogP) is 2.08. The number of hydrogen-bond acceptors (Lipinski definition) is 5. The number of carbonyl (C=O) groups is 1. The molecule has 2 heterocycles. The summed E-state index contributed by atoms with van der Waals surface area (Å²) in [5.41, 5.74) is 1.04. The van der Waals surface area contributed by atoms with Gasteiger partial charge in [0.05, 0.1) is 19.3 Å². The number of carbonyl (C=O) groups excluding carboxylic acids is 1. The van der Waals surface area contributed by atoms with Crippen molar-refractivity contribution in [1.29, 1.82) is 0 Å². The molecule has 0 spiro atoms. The van der Waals surface area contributed by atoms with Crippen LogP contribution in [0.25, 0.3) is 0 Å². The highest BCUT2D eigenvalue weighted by Crippen LogP contribution is 2.23. The first-order chi connectivity index (χ1) is 12.4. The van der Waals surface area contributed by atoms with E-state index in [1.165, 1.54) is 4.90 Å². The lowest BCUT2D eigenvalue weighted by Gasteiger charge is -2.21. The molecule has 2 unspecified atom stereocenters. The van der Waals surface area contributed by atoms with Gasteiger partial charge in [0.2, 0.25) is 0 Å². The van der Waals surface area contributed by atoms with Crippen molar-refractivity contribution in [3.8, 4) is 5.75 Å². The van der Waals surface area contributed by atoms with Gasteiger partial charge in [-0.2, -0.15) is 0 Å². The molecule has 1 aromatic rings. The van der Waals surface area contributed by atoms with Crippen LogP contribution in [-0.4, -0.2) is 59.2 Å². The van der Waals surface area contributed by atoms with Crippen molar-refractivity contribution in [3.05, 3.63) is 39.9 Å². The quantitative estimate of drug-likeness (QED) is 0.601. The van der Waals surface area contributed by atoms with Crippen LogP contribution in [0.4, 0.5) is 4.79 Å². The maximum absolute atomic E-state index is 12.5. The molecule has 140 valence electrons. The average molecular weight is 362 g/mol. The summed E-state index contributed by atoms with van der Waals surface area (Å²) in [6.07, 6.45) is 0.393. The number of aryl methyl sites for hydroxylation is 1. The fourth-order valence-electron chi connectivity index (χ4n) is 3.23. The highest BCUT2D eigenvalue weighted by atomic mass is 16.7. The molecule has 1 amide bonds. The molecule has 9 heteroatoms. The fourth-order valence-corrected chi connectivity index (χ4v) is 3.23. The zero-order chi connectivity index (χ0) is 18.7. The van der Waals surface area contributed by atoms with Crippen molar-refractivity contribution in [2.24, 2.45) is 11.0 Å². The van der Waals surface area contributed by atoms with Gasteiger partial charge in [-0.25, -0.2) is 19.8 Å². The van der Waals surface area contributed by atoms with Gasteiger partial charge >= 0.3 is 6.09 Å². The van der Waals surface area contributed by atoms with Crippen LogP contribution in [0.3, 0.4) is 0 Å². The first-order valence-electron chi connectivity index (χ1n) is 8.58. The molecular weight excluding hydrogens is 340 g/mol. The monoisotopic (exact) mass is 362 g/mol. The Bertz CT molecular complexity index is 706. The van der Waals surface area contributed by atoms with E-state index in [0.29, 0.717) is 32.0 Å². The normalized spacial score (nSPS) is 24.3. The molecule has 0 aromatic heterocycles. The van der Waals surface area contributed by atoms with Crippen LogP contribution in [0.1, 0.15) is 18.9 Å². The van der Waals surface area contributed by atoms with E-state index in [-0.39, 0.29) is 18.0 Å². The van der Waals surface area contributed by atoms with Crippen molar-refractivity contribution in [2.45, 2.75) is 26.4 Å². The number of nitro groups is 1. The summed E-state index contributed by atoms with van der Waals surface area (Å²) in [5.74, 6) is 0.666. The Kier molecular flexibility index (Phi) is 5.36. The van der Waals surface area contributed by atoms with Crippen LogP contribution < -0.4 is 4.74 Å². The van der Waals surface area contributed by atoms with Gasteiger partial charge in [-0.3, -0.25) is 0 Å². The molecule has 3 rings (SSSR count). The number of nitrogens with zero attached hydrogens (tertiary/aromatic N) is 4. The van der Waals surface area contributed by atoms with Crippen molar-refractivity contribution >= 4 is 12.1 Å². The van der Waals surface area contributed by atoms with E-state index in [9.17, 15) is 14.9 Å². The van der Waals surface area contributed by atoms with Crippen LogP contribution in [0.5, 0.6) is 5.75 Å². The van der Waals surface area contributed by atoms with Crippen molar-refractivity contribution < 1.29 is 19.3 Å². The SMILES string of the molecule is Cc1ccc(OC(=O)N2CCN(CC3COC(C)C3)C2=N[N+](=O)[O-])cc1. The van der Waals surface area contributed by atoms with Gasteiger partial charge in [0.15, 0.2) is 5.03 Å². The van der Waals surface area contributed by atoms with E-state index in [4.69, 9.17) is 9.47 Å². The predicted molar refractivity (Wildman–Crippen MR) is 93.4 cm³/mol. The average Bonchev–Trinajstić information content (AvgIpc) is 3.16. The number of ether oxygens (including phenoxy) is 2. The highest BCUT2D eigenvalue weighted by Gasteiger charge is 2.37. The number of rotatable bonds is 4. The fraction of sp³-hybridized carbons (Fsp3) is 0.529. The molecule has 2 aliphatic heterocycles. The van der Waals surface area contributed by atoms with Gasteiger partial charge in [0.1, 0.15) is 10.9 Å². The van der Waals surface area contributed by atoms with Gasteiger partial charge in [-0.1, -0.05) is 17.7 Å². The number of amides is 1. The Hall–Kier alpha value is -2.68. The minimum atomic E-state index is -0.784. The van der Waals surface area contributed by atoms with Crippen molar-refractivity contribution in [2.75, 3.05) is 26.2 Å².